The summed E-state index contributed by atoms with van der Waals surface area (Å²) in [5.74, 6) is 0.838. The summed E-state index contributed by atoms with van der Waals surface area (Å²) in [6, 6.07) is 10.8. The maximum atomic E-state index is 13.5. The normalized spacial score (nSPS) is 14.2. The largest absolute Gasteiger partial charge is 0.444 e. The third kappa shape index (κ3) is 7.24. The number of nitrogens with zero attached hydrogens (tertiary/aromatic N) is 6. The molecule has 0 spiro atoms. The molecule has 0 unspecified atom stereocenters. The van der Waals surface area contributed by atoms with E-state index in [9.17, 15) is 14.4 Å². The van der Waals surface area contributed by atoms with Gasteiger partial charge in [-0.25, -0.2) is 14.8 Å². The zero-order chi connectivity index (χ0) is 35.9. The molecule has 12 nitrogen and oxygen atoms in total. The molecule has 4 heterocycles. The minimum absolute atomic E-state index is 0.0639. The van der Waals surface area contributed by atoms with E-state index in [1.165, 1.54) is 0 Å². The number of nitrogens with one attached hydrogen (secondary N) is 1. The molecule has 0 saturated carbocycles. The van der Waals surface area contributed by atoms with Gasteiger partial charge in [0.05, 0.1) is 46.6 Å². The summed E-state index contributed by atoms with van der Waals surface area (Å²) in [4.78, 5) is 53.7. The molecule has 1 N–H and O–H groups in total. The van der Waals surface area contributed by atoms with Crippen molar-refractivity contribution in [3.63, 3.8) is 0 Å². The van der Waals surface area contributed by atoms with Gasteiger partial charge in [0.25, 0.3) is 5.91 Å². The first-order valence-electron chi connectivity index (χ1n) is 16.6. The van der Waals surface area contributed by atoms with Gasteiger partial charge in [-0.2, -0.15) is 0 Å². The highest BCUT2D eigenvalue weighted by Gasteiger charge is 2.32. The molecule has 0 atom stereocenters. The highest BCUT2D eigenvalue weighted by atomic mass is 35.5. The Kier molecular flexibility index (Phi) is 9.98. The smallest absolute Gasteiger partial charge is 0.410 e. The summed E-state index contributed by atoms with van der Waals surface area (Å²) in [5, 5.41) is 3.59. The predicted molar refractivity (Wildman–Crippen MR) is 191 cm³/mol. The van der Waals surface area contributed by atoms with Crippen LogP contribution in [0.5, 0.6) is 0 Å². The van der Waals surface area contributed by atoms with Crippen molar-refractivity contribution < 1.29 is 23.5 Å². The van der Waals surface area contributed by atoms with Crippen LogP contribution in [0.3, 0.4) is 0 Å². The van der Waals surface area contributed by atoms with Crippen LogP contribution < -0.4 is 5.32 Å². The topological polar surface area (TPSA) is 126 Å². The molecule has 50 heavy (non-hydrogen) atoms. The molecule has 2 aromatic carbocycles. The van der Waals surface area contributed by atoms with Gasteiger partial charge in [-0.3, -0.25) is 9.59 Å². The highest BCUT2D eigenvalue weighted by Crippen LogP contribution is 2.42. The van der Waals surface area contributed by atoms with Crippen LogP contribution in [0.2, 0.25) is 10.0 Å². The van der Waals surface area contributed by atoms with Gasteiger partial charge in [-0.05, 0) is 46.5 Å². The summed E-state index contributed by atoms with van der Waals surface area (Å²) < 4.78 is 13.4. The Morgan fingerprint density at radius 1 is 0.960 bits per heavy atom. The first-order valence-corrected chi connectivity index (χ1v) is 17.4. The lowest BCUT2D eigenvalue weighted by Crippen LogP contribution is -2.40. The van der Waals surface area contributed by atoms with E-state index in [-0.39, 0.29) is 18.3 Å². The Balaban J connectivity index is 1.17. The number of aromatic nitrogens is 3. The zero-order valence-corrected chi connectivity index (χ0v) is 30.6. The SMILES string of the molecule is CCN(C)CCC(=O)N1Cc2nc(-c3cccc(-c4cccc(NC(=O)c5nc6c(n5C)CCN(C(=O)OC(C)(C)C)C6)c4Cl)c3Cl)oc2C1. The Bertz CT molecular complexity index is 1940. The lowest BCUT2D eigenvalue weighted by Gasteiger charge is -2.29. The van der Waals surface area contributed by atoms with E-state index in [2.05, 4.69) is 22.1 Å². The molecule has 0 aliphatic carbocycles. The zero-order valence-electron chi connectivity index (χ0n) is 29.1. The molecule has 6 rings (SSSR count). The Labute approximate surface area is 301 Å². The minimum Gasteiger partial charge on any atom is -0.444 e. The van der Waals surface area contributed by atoms with Crippen LogP contribution in [0.4, 0.5) is 10.5 Å². The number of rotatable bonds is 8. The van der Waals surface area contributed by atoms with Gasteiger partial charge in [0, 0.05) is 49.8 Å². The second-order valence-corrected chi connectivity index (χ2v) is 14.4. The van der Waals surface area contributed by atoms with Crippen LogP contribution in [0.1, 0.15) is 67.6 Å². The molecule has 0 bridgehead atoms. The number of fused-ring (bicyclic) bond motifs is 2. The monoisotopic (exact) mass is 721 g/mol. The van der Waals surface area contributed by atoms with Gasteiger partial charge in [-0.15, -0.1) is 0 Å². The number of carbonyl (C=O) groups excluding carboxylic acids is 3. The van der Waals surface area contributed by atoms with Crippen LogP contribution >= 0.6 is 23.2 Å². The molecule has 4 aromatic rings. The fourth-order valence-electron chi connectivity index (χ4n) is 6.07. The molecule has 2 aliphatic heterocycles. The van der Waals surface area contributed by atoms with E-state index < -0.39 is 17.6 Å². The first-order chi connectivity index (χ1) is 23.7. The summed E-state index contributed by atoms with van der Waals surface area (Å²) in [6.07, 6.45) is 0.563. The second kappa shape index (κ2) is 14.1. The summed E-state index contributed by atoms with van der Waals surface area (Å²) in [6.45, 7) is 10.6. The lowest BCUT2D eigenvalue weighted by molar-refractivity contribution is -0.132. The van der Waals surface area contributed by atoms with Crippen LogP contribution in [0.15, 0.2) is 40.8 Å². The molecule has 0 fully saturated rings. The highest BCUT2D eigenvalue weighted by molar-refractivity contribution is 6.39. The lowest BCUT2D eigenvalue weighted by atomic mass is 10.0. The van der Waals surface area contributed by atoms with E-state index >= 15 is 0 Å². The van der Waals surface area contributed by atoms with Crippen LogP contribution in [-0.4, -0.2) is 79.4 Å². The Morgan fingerprint density at radius 2 is 1.64 bits per heavy atom. The number of oxazole rings is 1. The van der Waals surface area contributed by atoms with E-state index in [1.807, 2.05) is 52.1 Å². The third-order valence-electron chi connectivity index (χ3n) is 8.93. The number of hydrogen-bond acceptors (Lipinski definition) is 8. The van der Waals surface area contributed by atoms with Crippen molar-refractivity contribution in [1.29, 1.82) is 0 Å². The fourth-order valence-corrected chi connectivity index (χ4v) is 6.65. The van der Waals surface area contributed by atoms with Gasteiger partial charge in [0.15, 0.2) is 5.82 Å². The predicted octanol–water partition coefficient (Wildman–Crippen LogP) is 6.78. The molecule has 0 radical (unpaired) electrons. The van der Waals surface area contributed by atoms with Crippen LogP contribution in [0, 0.1) is 0 Å². The average molecular weight is 723 g/mol. The number of amides is 3. The molecule has 14 heteroatoms. The van der Waals surface area contributed by atoms with Crippen molar-refractivity contribution in [2.75, 3.05) is 32.0 Å². The second-order valence-electron chi connectivity index (χ2n) is 13.6. The molecular formula is C36H41Cl2N7O5. The Hall–Kier alpha value is -4.39. The van der Waals surface area contributed by atoms with E-state index in [4.69, 9.17) is 37.3 Å². The maximum Gasteiger partial charge on any atom is 0.410 e. The summed E-state index contributed by atoms with van der Waals surface area (Å²) in [7, 11) is 3.78. The molecule has 264 valence electrons. The molecular weight excluding hydrogens is 681 g/mol. The quantitative estimate of drug-likeness (QED) is 0.211. The van der Waals surface area contributed by atoms with Gasteiger partial charge in [0.1, 0.15) is 17.1 Å². The maximum absolute atomic E-state index is 13.5. The number of benzene rings is 2. The van der Waals surface area contributed by atoms with Crippen molar-refractivity contribution in [3.05, 3.63) is 75.1 Å². The summed E-state index contributed by atoms with van der Waals surface area (Å²) >= 11 is 13.9. The molecule has 2 aromatic heterocycles. The Morgan fingerprint density at radius 3 is 2.34 bits per heavy atom. The number of anilines is 1. The number of ether oxygens (including phenoxy) is 1. The molecule has 0 saturated heterocycles. The number of halogens is 2. The van der Waals surface area contributed by atoms with Crippen molar-refractivity contribution in [3.8, 4) is 22.6 Å². The number of hydrogen-bond donors (Lipinski definition) is 1. The van der Waals surface area contributed by atoms with Crippen molar-refractivity contribution in [2.24, 2.45) is 7.05 Å². The molecule has 2 aliphatic rings. The molecule has 3 amide bonds. The van der Waals surface area contributed by atoms with Gasteiger partial charge < -0.3 is 33.7 Å². The van der Waals surface area contributed by atoms with Crippen molar-refractivity contribution in [2.45, 2.75) is 65.8 Å². The standard InChI is InChI=1S/C36H41Cl2N7O5/c1-7-42(5)16-15-29(46)45-19-26-28(20-45)49-34(41-26)23-12-8-10-21(30(23)37)22-11-9-13-24(31(22)38)40-33(47)32-39-25-18-44(17-14-27(25)43(32)6)35(48)50-36(2,3)4/h8-13H,7,14-20H2,1-6H3,(H,40,47). The minimum atomic E-state index is -0.613. The van der Waals surface area contributed by atoms with Gasteiger partial charge >= 0.3 is 6.09 Å². The van der Waals surface area contributed by atoms with Gasteiger partial charge in [0.2, 0.25) is 11.8 Å². The van der Waals surface area contributed by atoms with Crippen molar-refractivity contribution >= 4 is 46.8 Å². The van der Waals surface area contributed by atoms with E-state index in [0.29, 0.717) is 88.8 Å². The van der Waals surface area contributed by atoms with Crippen molar-refractivity contribution in [1.82, 2.24) is 29.2 Å². The number of carbonyl (C=O) groups is 3. The van der Waals surface area contributed by atoms with Crippen LogP contribution in [-0.2, 0) is 42.6 Å². The first kappa shape index (κ1) is 35.4. The number of imidazole rings is 1. The summed E-state index contributed by atoms with van der Waals surface area (Å²) in [5.41, 5.74) is 3.85. The van der Waals surface area contributed by atoms with E-state index in [0.717, 1.165) is 17.9 Å². The third-order valence-corrected chi connectivity index (χ3v) is 9.74. The van der Waals surface area contributed by atoms with Gasteiger partial charge in [-0.1, -0.05) is 54.4 Å². The average Bonchev–Trinajstić information content (AvgIpc) is 3.75. The van der Waals surface area contributed by atoms with E-state index in [1.54, 1.807) is 33.5 Å². The van der Waals surface area contributed by atoms with Crippen LogP contribution in [0.25, 0.3) is 22.6 Å². The fraction of sp³-hybridized carbons (Fsp3) is 0.417.